The van der Waals surface area contributed by atoms with Crippen molar-refractivity contribution in [1.29, 1.82) is 0 Å². The molecule has 5 rings (SSSR count). The van der Waals surface area contributed by atoms with Crippen LogP contribution >= 0.6 is 11.6 Å². The number of hydrogen-bond acceptors (Lipinski definition) is 4. The summed E-state index contributed by atoms with van der Waals surface area (Å²) >= 11 is 6.01. The van der Waals surface area contributed by atoms with E-state index in [1.807, 2.05) is 34.9 Å². The molecule has 0 unspecified atom stereocenters. The number of methoxy groups -OCH3 is 1. The molecule has 2 aromatic carbocycles. The Morgan fingerprint density at radius 2 is 1.63 bits per heavy atom. The van der Waals surface area contributed by atoms with Crippen LogP contribution in [0.2, 0.25) is 5.02 Å². The van der Waals surface area contributed by atoms with Gasteiger partial charge in [-0.15, -0.1) is 0 Å². The van der Waals surface area contributed by atoms with Gasteiger partial charge in [-0.3, -0.25) is 19.0 Å². The highest BCUT2D eigenvalue weighted by atomic mass is 35.5. The number of hydrogen-bond donors (Lipinski definition) is 0. The van der Waals surface area contributed by atoms with Gasteiger partial charge in [-0.05, 0) is 67.8 Å². The second-order valence-corrected chi connectivity index (χ2v) is 9.69. The molecule has 1 aromatic heterocycles. The molecule has 2 aliphatic rings. The lowest BCUT2D eigenvalue weighted by Crippen LogP contribution is -2.51. The van der Waals surface area contributed by atoms with Gasteiger partial charge in [0.15, 0.2) is 0 Å². The Balaban J connectivity index is 1.42. The first-order valence-corrected chi connectivity index (χ1v) is 12.3. The lowest BCUT2D eigenvalue weighted by atomic mass is 10.1. The summed E-state index contributed by atoms with van der Waals surface area (Å²) in [5.41, 5.74) is 2.78. The fourth-order valence-corrected chi connectivity index (χ4v) is 4.95. The molecule has 3 aromatic rings. The van der Waals surface area contributed by atoms with Gasteiger partial charge in [0, 0.05) is 53.8 Å². The summed E-state index contributed by atoms with van der Waals surface area (Å²) in [6, 6.07) is 12.3. The molecule has 1 aliphatic carbocycles. The zero-order chi connectivity index (χ0) is 24.7. The van der Waals surface area contributed by atoms with Crippen molar-refractivity contribution in [1.82, 2.24) is 14.4 Å². The van der Waals surface area contributed by atoms with Crippen LogP contribution in [-0.4, -0.2) is 65.4 Å². The first-order valence-electron chi connectivity index (χ1n) is 11.9. The van der Waals surface area contributed by atoms with Crippen molar-refractivity contribution in [2.24, 2.45) is 5.92 Å². The van der Waals surface area contributed by atoms with E-state index in [2.05, 4.69) is 0 Å². The van der Waals surface area contributed by atoms with Crippen molar-refractivity contribution in [2.75, 3.05) is 33.3 Å². The van der Waals surface area contributed by atoms with E-state index in [4.69, 9.17) is 16.3 Å². The number of carbonyl (C=O) groups excluding carboxylic acids is 3. The van der Waals surface area contributed by atoms with Crippen LogP contribution in [0.1, 0.15) is 34.5 Å². The van der Waals surface area contributed by atoms with E-state index in [0.717, 1.165) is 35.0 Å². The average Bonchev–Trinajstić information content (AvgIpc) is 3.69. The van der Waals surface area contributed by atoms with Gasteiger partial charge in [0.05, 0.1) is 19.0 Å². The van der Waals surface area contributed by atoms with Crippen molar-refractivity contribution in [2.45, 2.75) is 26.2 Å². The Bertz CT molecular complexity index is 1300. The number of piperazine rings is 1. The summed E-state index contributed by atoms with van der Waals surface area (Å²) in [5, 5.41) is 1.38. The molecule has 0 bridgehead atoms. The maximum atomic E-state index is 13.5. The zero-order valence-corrected chi connectivity index (χ0v) is 20.7. The molecule has 2 amide bonds. The maximum Gasteiger partial charge on any atom is 0.262 e. The standard InChI is InChI=1S/C27H28ClN3O4/c1-17-22(16-25(32)29-11-13-30(14-12-29)26(33)18-3-4-18)23-15-21(35-2)9-10-24(23)31(17)27(34)19-5-7-20(28)8-6-19/h5-10,15,18H,3-4,11-14,16H2,1-2H3. The highest BCUT2D eigenvalue weighted by Crippen LogP contribution is 2.32. The number of carbonyl (C=O) groups is 3. The summed E-state index contributed by atoms with van der Waals surface area (Å²) in [6.45, 7) is 4.08. The molecular weight excluding hydrogens is 466 g/mol. The van der Waals surface area contributed by atoms with Gasteiger partial charge in [0.1, 0.15) is 5.75 Å². The minimum absolute atomic E-state index is 0.00701. The van der Waals surface area contributed by atoms with Crippen molar-refractivity contribution in [3.05, 3.63) is 64.3 Å². The SMILES string of the molecule is COc1ccc2c(c1)c(CC(=O)N1CCN(C(=O)C3CC3)CC1)c(C)n2C(=O)c1ccc(Cl)cc1. The predicted octanol–water partition coefficient (Wildman–Crippen LogP) is 3.92. The minimum atomic E-state index is -0.180. The lowest BCUT2D eigenvalue weighted by molar-refractivity contribution is -0.139. The monoisotopic (exact) mass is 493 g/mol. The Kier molecular flexibility index (Phi) is 6.28. The molecule has 1 saturated heterocycles. The summed E-state index contributed by atoms with van der Waals surface area (Å²) in [5.74, 6) is 0.894. The number of nitrogens with zero attached hydrogens (tertiary/aromatic N) is 3. The van der Waals surface area contributed by atoms with Crippen LogP contribution in [-0.2, 0) is 16.0 Å². The molecule has 1 saturated carbocycles. The van der Waals surface area contributed by atoms with Crippen LogP contribution in [0.25, 0.3) is 10.9 Å². The van der Waals surface area contributed by atoms with Crippen LogP contribution in [0.4, 0.5) is 0 Å². The summed E-state index contributed by atoms with van der Waals surface area (Å²) < 4.78 is 7.08. The van der Waals surface area contributed by atoms with E-state index in [1.165, 1.54) is 0 Å². The maximum absolute atomic E-state index is 13.5. The average molecular weight is 494 g/mol. The molecule has 1 aliphatic heterocycles. The number of rotatable bonds is 5. The molecule has 0 spiro atoms. The van der Waals surface area contributed by atoms with E-state index < -0.39 is 0 Å². The number of aromatic nitrogens is 1. The topological polar surface area (TPSA) is 71.8 Å². The van der Waals surface area contributed by atoms with Gasteiger partial charge in [0.2, 0.25) is 11.8 Å². The van der Waals surface area contributed by atoms with E-state index in [-0.39, 0.29) is 30.1 Å². The molecule has 0 radical (unpaired) electrons. The van der Waals surface area contributed by atoms with Gasteiger partial charge >= 0.3 is 0 Å². The molecule has 0 atom stereocenters. The predicted molar refractivity (Wildman–Crippen MR) is 134 cm³/mol. The lowest BCUT2D eigenvalue weighted by Gasteiger charge is -2.35. The van der Waals surface area contributed by atoms with E-state index in [0.29, 0.717) is 42.5 Å². The molecule has 2 heterocycles. The first-order chi connectivity index (χ1) is 16.9. The fourth-order valence-electron chi connectivity index (χ4n) is 4.82. The number of fused-ring (bicyclic) bond motifs is 1. The van der Waals surface area contributed by atoms with Gasteiger partial charge in [-0.25, -0.2) is 0 Å². The Hall–Kier alpha value is -3.32. The molecule has 0 N–H and O–H groups in total. The Morgan fingerprint density at radius 3 is 2.26 bits per heavy atom. The quantitative estimate of drug-likeness (QED) is 0.540. The van der Waals surface area contributed by atoms with Crippen LogP contribution in [0.15, 0.2) is 42.5 Å². The highest BCUT2D eigenvalue weighted by Gasteiger charge is 2.35. The van der Waals surface area contributed by atoms with Crippen molar-refractivity contribution >= 4 is 40.2 Å². The first kappa shape index (κ1) is 23.4. The third-order valence-corrected chi connectivity index (χ3v) is 7.29. The van der Waals surface area contributed by atoms with E-state index in [1.54, 1.807) is 35.9 Å². The molecule has 182 valence electrons. The Morgan fingerprint density at radius 1 is 0.971 bits per heavy atom. The van der Waals surface area contributed by atoms with Crippen LogP contribution in [0, 0.1) is 12.8 Å². The van der Waals surface area contributed by atoms with Gasteiger partial charge in [0.25, 0.3) is 5.91 Å². The number of amides is 2. The fraction of sp³-hybridized carbons (Fsp3) is 0.370. The summed E-state index contributed by atoms with van der Waals surface area (Å²) in [4.78, 5) is 42.8. The summed E-state index contributed by atoms with van der Waals surface area (Å²) in [7, 11) is 1.59. The van der Waals surface area contributed by atoms with E-state index >= 15 is 0 Å². The summed E-state index contributed by atoms with van der Waals surface area (Å²) in [6.07, 6.45) is 2.14. The number of halogens is 1. The van der Waals surface area contributed by atoms with Gasteiger partial charge in [-0.2, -0.15) is 0 Å². The molecule has 35 heavy (non-hydrogen) atoms. The molecule has 7 nitrogen and oxygen atoms in total. The van der Waals surface area contributed by atoms with Crippen LogP contribution in [0.5, 0.6) is 5.75 Å². The third kappa shape index (κ3) is 4.52. The molecule has 2 fully saturated rings. The highest BCUT2D eigenvalue weighted by molar-refractivity contribution is 6.30. The largest absolute Gasteiger partial charge is 0.497 e. The van der Waals surface area contributed by atoms with Crippen molar-refractivity contribution in [3.8, 4) is 5.75 Å². The second kappa shape index (κ2) is 9.38. The minimum Gasteiger partial charge on any atom is -0.497 e. The normalized spacial score (nSPS) is 16.0. The molecular formula is C27H28ClN3O4. The number of ether oxygens (including phenoxy) is 1. The smallest absolute Gasteiger partial charge is 0.262 e. The third-order valence-electron chi connectivity index (χ3n) is 7.03. The van der Waals surface area contributed by atoms with Gasteiger partial charge in [-0.1, -0.05) is 11.6 Å². The zero-order valence-electron chi connectivity index (χ0n) is 19.9. The van der Waals surface area contributed by atoms with Crippen LogP contribution in [0.3, 0.4) is 0 Å². The van der Waals surface area contributed by atoms with Crippen molar-refractivity contribution < 1.29 is 19.1 Å². The second-order valence-electron chi connectivity index (χ2n) is 9.25. The van der Waals surface area contributed by atoms with Crippen molar-refractivity contribution in [3.63, 3.8) is 0 Å². The Labute approximate surface area is 209 Å². The van der Waals surface area contributed by atoms with Gasteiger partial charge < -0.3 is 14.5 Å². The van der Waals surface area contributed by atoms with Crippen LogP contribution < -0.4 is 4.74 Å². The number of benzene rings is 2. The van der Waals surface area contributed by atoms with E-state index in [9.17, 15) is 14.4 Å². The molecule has 8 heteroatoms.